The summed E-state index contributed by atoms with van der Waals surface area (Å²) in [5, 5.41) is 0.0507. The lowest BCUT2D eigenvalue weighted by molar-refractivity contribution is 1.24. The zero-order valence-corrected chi connectivity index (χ0v) is 26.7. The van der Waals surface area contributed by atoms with Crippen LogP contribution < -0.4 is 0 Å². The Balaban J connectivity index is 1.19. The number of thiophene rings is 2. The van der Waals surface area contributed by atoms with E-state index in [4.69, 9.17) is 30.2 Å². The summed E-state index contributed by atoms with van der Waals surface area (Å²) < 4.78 is 211. The second-order valence-corrected chi connectivity index (χ2v) is 12.8. The largest absolute Gasteiger partial charge is 0.235 e. The van der Waals surface area contributed by atoms with Gasteiger partial charge < -0.3 is 0 Å². The van der Waals surface area contributed by atoms with E-state index in [0.29, 0.717) is 21.4 Å². The summed E-state index contributed by atoms with van der Waals surface area (Å²) in [6.07, 6.45) is 1.09. The highest BCUT2D eigenvalue weighted by Crippen LogP contribution is 2.42. The predicted molar refractivity (Wildman–Crippen MR) is 215 cm³/mol. The van der Waals surface area contributed by atoms with Gasteiger partial charge in [0.15, 0.2) is 0 Å². The van der Waals surface area contributed by atoms with Gasteiger partial charge in [-0.15, -0.1) is 22.7 Å². The summed E-state index contributed by atoms with van der Waals surface area (Å²) in [7, 11) is 0. The van der Waals surface area contributed by atoms with Gasteiger partial charge in [-0.3, -0.25) is 0 Å². The van der Waals surface area contributed by atoms with Crippen LogP contribution in [0.3, 0.4) is 0 Å². The summed E-state index contributed by atoms with van der Waals surface area (Å²) in [4.78, 5) is 8.87. The third kappa shape index (κ3) is 4.92. The molecule has 234 valence electrons. The number of rotatable bonds is 5. The first-order valence-electron chi connectivity index (χ1n) is 26.8. The Bertz CT molecular complexity index is 4200. The third-order valence-electron chi connectivity index (χ3n) is 7.84. The minimum atomic E-state index is -0.859. The molecule has 0 unspecified atom stereocenters. The number of hydrogen-bond donors (Lipinski definition) is 0. The van der Waals surface area contributed by atoms with Crippen LogP contribution in [0, 0.1) is 0 Å². The van der Waals surface area contributed by atoms with E-state index in [9.17, 15) is 2.74 Å². The van der Waals surface area contributed by atoms with Crippen molar-refractivity contribution in [1.82, 2.24) is 9.97 Å². The van der Waals surface area contributed by atoms with Crippen molar-refractivity contribution in [2.45, 2.75) is 0 Å². The molecular formula is C46H28N2S2. The number of hydrogen-bond acceptors (Lipinski definition) is 4. The van der Waals surface area contributed by atoms with Crippen LogP contribution in [0.5, 0.6) is 0 Å². The van der Waals surface area contributed by atoms with Gasteiger partial charge >= 0.3 is 0 Å². The van der Waals surface area contributed by atoms with Gasteiger partial charge in [-0.05, 0) is 74.8 Å². The van der Waals surface area contributed by atoms with E-state index < -0.39 is 173 Å². The maximum absolute atomic E-state index is 9.62. The Morgan fingerprint density at radius 2 is 1.04 bits per heavy atom. The smallest absolute Gasteiger partial charge is 0.116 e. The molecule has 10 aromatic rings. The third-order valence-corrected chi connectivity index (χ3v) is 10.1. The maximum atomic E-state index is 9.62. The average molecular weight is 697 g/mol. The molecule has 0 amide bonds. The molecule has 0 aliphatic carbocycles. The molecule has 0 saturated carbocycles. The van der Waals surface area contributed by atoms with Gasteiger partial charge in [0, 0.05) is 35.8 Å². The zero-order chi connectivity index (χ0) is 53.9. The van der Waals surface area contributed by atoms with Crippen LogP contribution in [0.25, 0.3) is 96.2 Å². The molecule has 0 fully saturated rings. The number of nitrogens with zero attached hydrogens (tertiary/aromatic N) is 2. The zero-order valence-electron chi connectivity index (χ0n) is 49.0. The summed E-state index contributed by atoms with van der Waals surface area (Å²) in [5.74, 6) is 0. The molecule has 0 spiro atoms. The first-order valence-corrected chi connectivity index (χ1v) is 16.4. The monoisotopic (exact) mass is 696 g/mol. The van der Waals surface area contributed by atoms with E-state index in [1.54, 1.807) is 6.07 Å². The molecule has 0 bridgehead atoms. The molecule has 4 heteroatoms. The Hall–Kier alpha value is -5.94. The first kappa shape index (κ1) is 13.8. The second kappa shape index (κ2) is 11.9. The normalized spacial score (nSPS) is 18.3. The first-order chi connectivity index (χ1) is 34.8. The average Bonchev–Trinajstić information content (AvgIpc) is 3.96. The second-order valence-electron chi connectivity index (χ2n) is 10.7. The van der Waals surface area contributed by atoms with Crippen LogP contribution >= 0.6 is 22.7 Å². The fraction of sp³-hybridized carbons (Fsp3) is 0. The van der Waals surface area contributed by atoms with E-state index in [0.717, 1.165) is 17.7 Å². The van der Waals surface area contributed by atoms with Crippen molar-refractivity contribution in [2.75, 3.05) is 0 Å². The molecular weight excluding hydrogens is 645 g/mol. The standard InChI is InChI=1S/C46H28N2S2/c1-2-9-29(10-3-1)30-19-21-31(22-20-30)34-23-24-42-40(27-34)44-46(50-42)43(47-28-48-44)36-14-7-12-33(26-36)32-11-6-13-35(25-32)37-16-8-17-39-38-15-4-5-18-41(38)49-45(37)39/h1-28H/i1D,2D,3D,4D,5D,6D,7D,8D,9D,10D,11D,12D,13D,14D,15D,16D,17D,18D,19D,20D,21D,22D,25D,26D. The highest BCUT2D eigenvalue weighted by Gasteiger charge is 2.16. The molecule has 10 rings (SSSR count). The SMILES string of the molecule is [2H]c1c([2H])c([2H])c(-c2c([2H])c([2H])c(-c3ccc4sc5c(-c6c([2H])c([2H])c([2H])c(-c7c([2H])c([2H])c([2H])c(-c8c([2H])c([2H])c([2H])c9c8sc8c([2H])c([2H])c([2H])c([2H])c89)c7[2H])c6[2H])ncnc5c4c3)c([2H])c2[2H])c([2H])c1[2H]. The molecule has 3 heterocycles. The predicted octanol–water partition coefficient (Wildman–Crippen LogP) is 13.5. The Kier molecular flexibility index (Phi) is 3.27. The van der Waals surface area contributed by atoms with Crippen LogP contribution in [-0.4, -0.2) is 9.97 Å². The summed E-state index contributed by atoms with van der Waals surface area (Å²) in [6.45, 7) is 0. The van der Waals surface area contributed by atoms with Crippen molar-refractivity contribution < 1.29 is 32.9 Å². The van der Waals surface area contributed by atoms with E-state index in [-0.39, 0.29) is 58.3 Å². The van der Waals surface area contributed by atoms with Crippen LogP contribution in [0.2, 0.25) is 0 Å². The van der Waals surface area contributed by atoms with Crippen molar-refractivity contribution in [2.24, 2.45) is 0 Å². The summed E-state index contributed by atoms with van der Waals surface area (Å²) in [5.41, 5.74) is -3.48. The van der Waals surface area contributed by atoms with Crippen molar-refractivity contribution >= 4 is 63.1 Å². The van der Waals surface area contributed by atoms with E-state index in [2.05, 4.69) is 9.97 Å². The van der Waals surface area contributed by atoms with Gasteiger partial charge in [0.25, 0.3) is 0 Å². The lowest BCUT2D eigenvalue weighted by atomic mass is 9.96. The van der Waals surface area contributed by atoms with Gasteiger partial charge in [-0.1, -0.05) is 133 Å². The molecule has 0 radical (unpaired) electrons. The summed E-state index contributed by atoms with van der Waals surface area (Å²) >= 11 is 1.78. The highest BCUT2D eigenvalue weighted by molar-refractivity contribution is 7.26. The van der Waals surface area contributed by atoms with Crippen molar-refractivity contribution in [1.29, 1.82) is 0 Å². The molecule has 0 atom stereocenters. The van der Waals surface area contributed by atoms with Gasteiger partial charge in [0.2, 0.25) is 0 Å². The number of fused-ring (bicyclic) bond motifs is 6. The fourth-order valence-corrected chi connectivity index (χ4v) is 7.76. The fourth-order valence-electron chi connectivity index (χ4n) is 5.55. The van der Waals surface area contributed by atoms with Crippen molar-refractivity contribution in [3.63, 3.8) is 0 Å². The molecule has 0 aliphatic rings. The van der Waals surface area contributed by atoms with E-state index in [1.165, 1.54) is 12.1 Å². The molecule has 0 aliphatic heterocycles. The number of aromatic nitrogens is 2. The van der Waals surface area contributed by atoms with Gasteiger partial charge in [0.05, 0.1) is 48.8 Å². The van der Waals surface area contributed by atoms with Crippen LogP contribution in [-0.2, 0) is 0 Å². The molecule has 0 N–H and O–H groups in total. The highest BCUT2D eigenvalue weighted by atomic mass is 32.1. The Morgan fingerprint density at radius 3 is 1.88 bits per heavy atom. The minimum Gasteiger partial charge on any atom is -0.235 e. The molecule has 2 nitrogen and oxygen atoms in total. The molecule has 3 aromatic heterocycles. The quantitative estimate of drug-likeness (QED) is 0.179. The van der Waals surface area contributed by atoms with Crippen LogP contribution in [0.1, 0.15) is 32.9 Å². The topological polar surface area (TPSA) is 25.8 Å². The maximum Gasteiger partial charge on any atom is 0.116 e. The molecule has 50 heavy (non-hydrogen) atoms. The van der Waals surface area contributed by atoms with Crippen LogP contribution in [0.15, 0.2) is 170 Å². The van der Waals surface area contributed by atoms with Crippen molar-refractivity contribution in [3.8, 4) is 55.8 Å². The number of benzene rings is 7. The van der Waals surface area contributed by atoms with Crippen LogP contribution in [0.4, 0.5) is 0 Å². The van der Waals surface area contributed by atoms with E-state index in [1.807, 2.05) is 0 Å². The van der Waals surface area contributed by atoms with Gasteiger partial charge in [0.1, 0.15) is 6.33 Å². The van der Waals surface area contributed by atoms with E-state index >= 15 is 0 Å². The Morgan fingerprint density at radius 1 is 0.420 bits per heavy atom. The molecule has 0 saturated heterocycles. The van der Waals surface area contributed by atoms with Gasteiger partial charge in [-0.2, -0.15) is 0 Å². The lowest BCUT2D eigenvalue weighted by Gasteiger charge is -2.09. The van der Waals surface area contributed by atoms with Crippen molar-refractivity contribution in [3.05, 3.63) is 170 Å². The summed E-state index contributed by atoms with van der Waals surface area (Å²) in [6, 6.07) is -12.0. The minimum absolute atomic E-state index is 0.0485. The Labute approximate surface area is 331 Å². The lowest BCUT2D eigenvalue weighted by Crippen LogP contribution is -1.88. The molecule has 7 aromatic carbocycles. The van der Waals surface area contributed by atoms with Gasteiger partial charge in [-0.25, -0.2) is 9.97 Å².